The van der Waals surface area contributed by atoms with Gasteiger partial charge in [0.05, 0.1) is 11.7 Å². The number of carbonyl (C=O) groups is 1. The quantitative estimate of drug-likeness (QED) is 0.859. The fourth-order valence-corrected chi connectivity index (χ4v) is 3.35. The summed E-state index contributed by atoms with van der Waals surface area (Å²) in [6.07, 6.45) is 2.94. The zero-order valence-electron chi connectivity index (χ0n) is 13.6. The van der Waals surface area contributed by atoms with Gasteiger partial charge in [-0.05, 0) is 37.6 Å². The summed E-state index contributed by atoms with van der Waals surface area (Å²) in [5, 5.41) is 12.3. The number of nitrogens with zero attached hydrogens (tertiary/aromatic N) is 2. The molecule has 0 aromatic carbocycles. The van der Waals surface area contributed by atoms with Crippen molar-refractivity contribution in [1.29, 1.82) is 0 Å². The van der Waals surface area contributed by atoms with Crippen LogP contribution in [0.4, 0.5) is 4.79 Å². The molecule has 0 aliphatic heterocycles. The van der Waals surface area contributed by atoms with Crippen molar-refractivity contribution in [3.63, 3.8) is 0 Å². The van der Waals surface area contributed by atoms with Gasteiger partial charge < -0.3 is 10.6 Å². The van der Waals surface area contributed by atoms with E-state index >= 15 is 0 Å². The van der Waals surface area contributed by atoms with Crippen LogP contribution in [0.1, 0.15) is 36.0 Å². The number of hydrogen-bond acceptors (Lipinski definition) is 3. The van der Waals surface area contributed by atoms with Crippen LogP contribution in [-0.4, -0.2) is 22.4 Å². The summed E-state index contributed by atoms with van der Waals surface area (Å²) in [5.74, 6) is 0.417. The number of rotatable bonds is 6. The van der Waals surface area contributed by atoms with Crippen LogP contribution in [0.15, 0.2) is 23.7 Å². The van der Waals surface area contributed by atoms with Crippen LogP contribution in [0.2, 0.25) is 0 Å². The van der Waals surface area contributed by atoms with Gasteiger partial charge in [0.15, 0.2) is 0 Å². The third-order valence-corrected chi connectivity index (χ3v) is 4.51. The van der Waals surface area contributed by atoms with Gasteiger partial charge >= 0.3 is 6.03 Å². The first-order chi connectivity index (χ1) is 10.5. The molecule has 2 heterocycles. The summed E-state index contributed by atoms with van der Waals surface area (Å²) >= 11 is 1.76. The van der Waals surface area contributed by atoms with Crippen molar-refractivity contribution >= 4 is 17.4 Å². The number of carbonyl (C=O) groups excluding carboxylic acids is 1. The van der Waals surface area contributed by atoms with E-state index in [4.69, 9.17) is 0 Å². The molecule has 2 N–H and O–H groups in total. The molecule has 0 fully saturated rings. The lowest BCUT2D eigenvalue weighted by atomic mass is 10.1. The summed E-state index contributed by atoms with van der Waals surface area (Å²) < 4.78 is 1.77. The van der Waals surface area contributed by atoms with Crippen LogP contribution in [0.25, 0.3) is 0 Å². The van der Waals surface area contributed by atoms with Crippen LogP contribution in [0.3, 0.4) is 0 Å². The molecule has 120 valence electrons. The SMILES string of the molecule is Cc1nn(C)cc1[C@@H](C)NC(=O)NC[C@@H](C)Cc1cccs1. The predicted octanol–water partition coefficient (Wildman–Crippen LogP) is 3.03. The number of hydrogen-bond donors (Lipinski definition) is 2. The van der Waals surface area contributed by atoms with Crippen LogP contribution >= 0.6 is 11.3 Å². The van der Waals surface area contributed by atoms with Gasteiger partial charge in [-0.25, -0.2) is 4.79 Å². The van der Waals surface area contributed by atoms with Crippen LogP contribution < -0.4 is 10.6 Å². The molecule has 0 aliphatic rings. The summed E-state index contributed by atoms with van der Waals surface area (Å²) in [7, 11) is 1.88. The summed E-state index contributed by atoms with van der Waals surface area (Å²) in [5.41, 5.74) is 1.99. The first kappa shape index (κ1) is 16.5. The number of aryl methyl sites for hydroxylation is 2. The van der Waals surface area contributed by atoms with Crippen LogP contribution in [-0.2, 0) is 13.5 Å². The first-order valence-electron chi connectivity index (χ1n) is 7.52. The maximum absolute atomic E-state index is 12.0. The lowest BCUT2D eigenvalue weighted by Gasteiger charge is -2.16. The molecule has 0 radical (unpaired) electrons. The van der Waals surface area contributed by atoms with Gasteiger partial charge in [0.25, 0.3) is 0 Å². The fraction of sp³-hybridized carbons (Fsp3) is 0.500. The first-order valence-corrected chi connectivity index (χ1v) is 8.40. The Balaban J connectivity index is 1.76. The second-order valence-electron chi connectivity index (χ2n) is 5.81. The second-order valence-corrected chi connectivity index (χ2v) is 6.84. The van der Waals surface area contributed by atoms with Crippen LogP contribution in [0.5, 0.6) is 0 Å². The molecular weight excluding hydrogens is 296 g/mol. The Morgan fingerprint density at radius 3 is 2.82 bits per heavy atom. The van der Waals surface area contributed by atoms with Gasteiger partial charge in [0, 0.05) is 30.2 Å². The van der Waals surface area contributed by atoms with Crippen molar-refractivity contribution in [2.45, 2.75) is 33.2 Å². The third kappa shape index (κ3) is 4.59. The highest BCUT2D eigenvalue weighted by atomic mass is 32.1. The Kier molecular flexibility index (Phi) is 5.60. The highest BCUT2D eigenvalue weighted by Crippen LogP contribution is 2.16. The minimum Gasteiger partial charge on any atom is -0.338 e. The zero-order valence-corrected chi connectivity index (χ0v) is 14.4. The van der Waals surface area contributed by atoms with E-state index in [1.807, 2.05) is 27.1 Å². The van der Waals surface area contributed by atoms with Gasteiger partial charge in [0.1, 0.15) is 0 Å². The minimum atomic E-state index is -0.131. The maximum atomic E-state index is 12.0. The zero-order chi connectivity index (χ0) is 16.1. The molecule has 22 heavy (non-hydrogen) atoms. The monoisotopic (exact) mass is 320 g/mol. The van der Waals surface area contributed by atoms with Crippen molar-refractivity contribution in [2.75, 3.05) is 6.54 Å². The molecule has 2 aromatic heterocycles. The Bertz CT molecular complexity index is 606. The maximum Gasteiger partial charge on any atom is 0.315 e. The van der Waals surface area contributed by atoms with E-state index in [2.05, 4.69) is 40.2 Å². The number of aromatic nitrogens is 2. The minimum absolute atomic E-state index is 0.0543. The van der Waals surface area contributed by atoms with Gasteiger partial charge in [-0.3, -0.25) is 4.68 Å². The molecule has 0 aliphatic carbocycles. The van der Waals surface area contributed by atoms with Gasteiger partial charge in [0.2, 0.25) is 0 Å². The Morgan fingerprint density at radius 2 is 2.23 bits per heavy atom. The largest absolute Gasteiger partial charge is 0.338 e. The van der Waals surface area contributed by atoms with Gasteiger partial charge in [-0.15, -0.1) is 11.3 Å². The van der Waals surface area contributed by atoms with Gasteiger partial charge in [-0.2, -0.15) is 5.10 Å². The average Bonchev–Trinajstić information content (AvgIpc) is 3.06. The number of nitrogens with one attached hydrogen (secondary N) is 2. The van der Waals surface area contributed by atoms with E-state index in [0.29, 0.717) is 12.5 Å². The average molecular weight is 320 g/mol. The Labute approximate surface area is 135 Å². The standard InChI is InChI=1S/C16H24N4OS/c1-11(8-14-6-5-7-22-14)9-17-16(21)18-12(2)15-10-20(4)19-13(15)3/h5-7,10-12H,8-9H2,1-4H3,(H2,17,18,21)/t11-,12+/m0/s1. The van der Waals surface area contributed by atoms with Crippen molar-refractivity contribution < 1.29 is 4.79 Å². The van der Waals surface area contributed by atoms with Crippen molar-refractivity contribution in [2.24, 2.45) is 13.0 Å². The van der Waals surface area contributed by atoms with Crippen molar-refractivity contribution in [3.8, 4) is 0 Å². The van der Waals surface area contributed by atoms with E-state index in [1.54, 1.807) is 16.0 Å². The molecule has 0 unspecified atom stereocenters. The van der Waals surface area contributed by atoms with E-state index in [1.165, 1.54) is 4.88 Å². The highest BCUT2D eigenvalue weighted by molar-refractivity contribution is 7.09. The van der Waals surface area contributed by atoms with E-state index in [0.717, 1.165) is 17.7 Å². The molecule has 2 aromatic rings. The molecule has 2 amide bonds. The van der Waals surface area contributed by atoms with Gasteiger partial charge in [-0.1, -0.05) is 13.0 Å². The topological polar surface area (TPSA) is 59.0 Å². The van der Waals surface area contributed by atoms with Crippen molar-refractivity contribution in [1.82, 2.24) is 20.4 Å². The fourth-order valence-electron chi connectivity index (χ4n) is 2.48. The van der Waals surface area contributed by atoms with Crippen molar-refractivity contribution in [3.05, 3.63) is 39.8 Å². The summed E-state index contributed by atoms with van der Waals surface area (Å²) in [4.78, 5) is 13.4. The normalized spacial score (nSPS) is 13.6. The van der Waals surface area contributed by atoms with E-state index < -0.39 is 0 Å². The molecule has 2 atom stereocenters. The lowest BCUT2D eigenvalue weighted by Crippen LogP contribution is -2.39. The highest BCUT2D eigenvalue weighted by Gasteiger charge is 2.14. The molecule has 6 heteroatoms. The Morgan fingerprint density at radius 1 is 1.45 bits per heavy atom. The second kappa shape index (κ2) is 7.45. The smallest absolute Gasteiger partial charge is 0.315 e. The molecule has 0 spiro atoms. The molecular formula is C16H24N4OS. The Hall–Kier alpha value is -1.82. The predicted molar refractivity (Wildman–Crippen MR) is 90.1 cm³/mol. The van der Waals surface area contributed by atoms with Crippen LogP contribution in [0, 0.1) is 12.8 Å². The molecule has 2 rings (SSSR count). The number of amides is 2. The molecule has 0 saturated carbocycles. The van der Waals surface area contributed by atoms with E-state index in [-0.39, 0.29) is 12.1 Å². The summed E-state index contributed by atoms with van der Waals surface area (Å²) in [6.45, 7) is 6.74. The summed E-state index contributed by atoms with van der Waals surface area (Å²) in [6, 6.07) is 4.01. The molecule has 0 bridgehead atoms. The third-order valence-electron chi connectivity index (χ3n) is 3.61. The van der Waals surface area contributed by atoms with E-state index in [9.17, 15) is 4.79 Å². The molecule has 0 saturated heterocycles. The number of urea groups is 1. The number of thiophene rings is 1. The lowest BCUT2D eigenvalue weighted by molar-refractivity contribution is 0.236. The molecule has 5 nitrogen and oxygen atoms in total.